The molecule has 1 nitrogen and oxygen atoms in total. The largest absolute Gasteiger partial charge is 0.289 e. The zero-order valence-electron chi connectivity index (χ0n) is 10.4. The summed E-state index contributed by atoms with van der Waals surface area (Å²) in [5, 5.41) is 1.64. The standard InChI is InChI=1S/C16H14BrClO/c17-11-1-2-12-3-5-13(6-4-12)16(19)14-7-9-15(18)10-8-14/h3-10H,1-2,11H2. The van der Waals surface area contributed by atoms with Crippen LogP contribution in [-0.2, 0) is 6.42 Å². The Bertz CT molecular complexity index is 546. The number of benzene rings is 2. The number of halogens is 2. The van der Waals surface area contributed by atoms with Gasteiger partial charge in [-0.3, -0.25) is 4.79 Å². The molecule has 0 aromatic heterocycles. The summed E-state index contributed by atoms with van der Waals surface area (Å²) in [5.74, 6) is 0.0312. The minimum atomic E-state index is 0.0312. The summed E-state index contributed by atoms with van der Waals surface area (Å²) in [6, 6.07) is 14.8. The van der Waals surface area contributed by atoms with E-state index in [1.165, 1.54) is 5.56 Å². The highest BCUT2D eigenvalue weighted by Crippen LogP contribution is 2.15. The van der Waals surface area contributed by atoms with E-state index in [9.17, 15) is 4.79 Å². The van der Waals surface area contributed by atoms with Gasteiger partial charge >= 0.3 is 0 Å². The Morgan fingerprint density at radius 2 is 1.47 bits per heavy atom. The first-order chi connectivity index (χ1) is 9.20. The van der Waals surface area contributed by atoms with Crippen molar-refractivity contribution in [2.24, 2.45) is 0 Å². The van der Waals surface area contributed by atoms with Gasteiger partial charge in [-0.15, -0.1) is 0 Å². The zero-order chi connectivity index (χ0) is 13.7. The Labute approximate surface area is 126 Å². The van der Waals surface area contributed by atoms with E-state index in [-0.39, 0.29) is 5.78 Å². The van der Waals surface area contributed by atoms with Crippen molar-refractivity contribution in [2.45, 2.75) is 12.8 Å². The van der Waals surface area contributed by atoms with Gasteiger partial charge in [0.2, 0.25) is 0 Å². The minimum absolute atomic E-state index is 0.0312. The van der Waals surface area contributed by atoms with Crippen LogP contribution >= 0.6 is 27.5 Å². The quantitative estimate of drug-likeness (QED) is 0.560. The Hall–Kier alpha value is -1.12. The Balaban J connectivity index is 2.13. The molecule has 0 fully saturated rings. The smallest absolute Gasteiger partial charge is 0.193 e. The summed E-state index contributed by atoms with van der Waals surface area (Å²) < 4.78 is 0. The first kappa shape index (κ1) is 14.3. The average Bonchev–Trinajstić information content (AvgIpc) is 2.46. The zero-order valence-corrected chi connectivity index (χ0v) is 12.7. The van der Waals surface area contributed by atoms with Crippen LogP contribution in [0.25, 0.3) is 0 Å². The van der Waals surface area contributed by atoms with Crippen molar-refractivity contribution in [3.05, 3.63) is 70.2 Å². The molecule has 2 rings (SSSR count). The van der Waals surface area contributed by atoms with Crippen LogP contribution in [0.3, 0.4) is 0 Å². The molecule has 0 radical (unpaired) electrons. The first-order valence-corrected chi connectivity index (χ1v) is 7.66. The molecule has 0 unspecified atom stereocenters. The highest BCUT2D eigenvalue weighted by Gasteiger charge is 2.08. The van der Waals surface area contributed by atoms with Crippen LogP contribution in [0, 0.1) is 0 Å². The Kier molecular flexibility index (Phi) is 5.17. The fourth-order valence-electron chi connectivity index (χ4n) is 1.86. The molecule has 0 aliphatic carbocycles. The van der Waals surface area contributed by atoms with Gasteiger partial charge in [0.15, 0.2) is 5.78 Å². The molecule has 98 valence electrons. The summed E-state index contributed by atoms with van der Waals surface area (Å²) in [6.45, 7) is 0. The predicted octanol–water partition coefficient (Wildman–Crippen LogP) is 4.90. The van der Waals surface area contributed by atoms with E-state index < -0.39 is 0 Å². The lowest BCUT2D eigenvalue weighted by molar-refractivity contribution is 0.103. The predicted molar refractivity (Wildman–Crippen MR) is 83.4 cm³/mol. The number of rotatable bonds is 5. The van der Waals surface area contributed by atoms with Crippen LogP contribution < -0.4 is 0 Å². The highest BCUT2D eigenvalue weighted by molar-refractivity contribution is 9.09. The highest BCUT2D eigenvalue weighted by atomic mass is 79.9. The van der Waals surface area contributed by atoms with Crippen LogP contribution in [0.4, 0.5) is 0 Å². The van der Waals surface area contributed by atoms with Crippen LogP contribution in [0.15, 0.2) is 48.5 Å². The molecule has 0 aliphatic rings. The Morgan fingerprint density at radius 3 is 2.00 bits per heavy atom. The molecular weight excluding hydrogens is 324 g/mol. The molecule has 0 atom stereocenters. The number of hydrogen-bond acceptors (Lipinski definition) is 1. The molecule has 0 heterocycles. The average molecular weight is 338 g/mol. The van der Waals surface area contributed by atoms with Crippen molar-refractivity contribution in [2.75, 3.05) is 5.33 Å². The molecule has 3 heteroatoms. The van der Waals surface area contributed by atoms with Gasteiger partial charge in [0, 0.05) is 21.5 Å². The topological polar surface area (TPSA) is 17.1 Å². The fourth-order valence-corrected chi connectivity index (χ4v) is 2.27. The molecule has 0 bridgehead atoms. The van der Waals surface area contributed by atoms with Crippen LogP contribution in [0.1, 0.15) is 27.9 Å². The normalized spacial score (nSPS) is 10.4. The number of aryl methyl sites for hydroxylation is 1. The van der Waals surface area contributed by atoms with E-state index in [1.54, 1.807) is 24.3 Å². The summed E-state index contributed by atoms with van der Waals surface area (Å²) in [4.78, 5) is 12.2. The maximum absolute atomic E-state index is 12.2. The van der Waals surface area contributed by atoms with Gasteiger partial charge < -0.3 is 0 Å². The lowest BCUT2D eigenvalue weighted by Gasteiger charge is -2.04. The van der Waals surface area contributed by atoms with E-state index in [4.69, 9.17) is 11.6 Å². The second-order valence-electron chi connectivity index (χ2n) is 4.33. The van der Waals surface area contributed by atoms with E-state index in [2.05, 4.69) is 15.9 Å². The first-order valence-electron chi connectivity index (χ1n) is 6.16. The van der Waals surface area contributed by atoms with Gasteiger partial charge in [-0.05, 0) is 42.7 Å². The van der Waals surface area contributed by atoms with Crippen LogP contribution in [-0.4, -0.2) is 11.1 Å². The molecule has 2 aromatic carbocycles. The summed E-state index contributed by atoms with van der Waals surface area (Å²) >= 11 is 9.23. The second kappa shape index (κ2) is 6.88. The lowest BCUT2D eigenvalue weighted by atomic mass is 10.0. The summed E-state index contributed by atoms with van der Waals surface area (Å²) in [5.41, 5.74) is 2.63. The molecule has 0 N–H and O–H groups in total. The van der Waals surface area contributed by atoms with Gasteiger partial charge in [0.05, 0.1) is 0 Å². The van der Waals surface area contributed by atoms with Crippen LogP contribution in [0.5, 0.6) is 0 Å². The van der Waals surface area contributed by atoms with E-state index >= 15 is 0 Å². The van der Waals surface area contributed by atoms with E-state index in [0.29, 0.717) is 16.1 Å². The molecule has 0 amide bonds. The monoisotopic (exact) mass is 336 g/mol. The third-order valence-electron chi connectivity index (χ3n) is 2.92. The van der Waals surface area contributed by atoms with Gasteiger partial charge in [-0.25, -0.2) is 0 Å². The van der Waals surface area contributed by atoms with E-state index in [1.807, 2.05) is 24.3 Å². The number of carbonyl (C=O) groups excluding carboxylic acids is 1. The van der Waals surface area contributed by atoms with Gasteiger partial charge in [0.1, 0.15) is 0 Å². The maximum atomic E-state index is 12.2. The number of carbonyl (C=O) groups is 1. The van der Waals surface area contributed by atoms with Crippen molar-refractivity contribution < 1.29 is 4.79 Å². The van der Waals surface area contributed by atoms with Crippen molar-refractivity contribution >= 4 is 33.3 Å². The van der Waals surface area contributed by atoms with Crippen molar-refractivity contribution in [3.8, 4) is 0 Å². The van der Waals surface area contributed by atoms with E-state index in [0.717, 1.165) is 18.2 Å². The second-order valence-corrected chi connectivity index (χ2v) is 5.55. The molecule has 0 saturated heterocycles. The number of alkyl halides is 1. The van der Waals surface area contributed by atoms with Crippen LogP contribution in [0.2, 0.25) is 5.02 Å². The Morgan fingerprint density at radius 1 is 0.947 bits per heavy atom. The number of hydrogen-bond donors (Lipinski definition) is 0. The SMILES string of the molecule is O=C(c1ccc(Cl)cc1)c1ccc(CCCBr)cc1. The molecule has 0 saturated carbocycles. The van der Waals surface area contributed by atoms with Gasteiger partial charge in [-0.1, -0.05) is 51.8 Å². The molecular formula is C16H14BrClO. The molecule has 2 aromatic rings. The molecule has 19 heavy (non-hydrogen) atoms. The van der Waals surface area contributed by atoms with Gasteiger partial charge in [-0.2, -0.15) is 0 Å². The van der Waals surface area contributed by atoms with Crippen molar-refractivity contribution in [1.29, 1.82) is 0 Å². The number of ketones is 1. The lowest BCUT2D eigenvalue weighted by Crippen LogP contribution is -2.01. The van der Waals surface area contributed by atoms with Crippen molar-refractivity contribution in [3.63, 3.8) is 0 Å². The summed E-state index contributed by atoms with van der Waals surface area (Å²) in [7, 11) is 0. The maximum Gasteiger partial charge on any atom is 0.193 e. The molecule has 0 spiro atoms. The summed E-state index contributed by atoms with van der Waals surface area (Å²) in [6.07, 6.45) is 2.13. The van der Waals surface area contributed by atoms with Gasteiger partial charge in [0.25, 0.3) is 0 Å². The molecule has 0 aliphatic heterocycles. The third kappa shape index (κ3) is 3.92. The fraction of sp³-hybridized carbons (Fsp3) is 0.188. The minimum Gasteiger partial charge on any atom is -0.289 e. The third-order valence-corrected chi connectivity index (χ3v) is 3.73. The van der Waals surface area contributed by atoms with Crippen molar-refractivity contribution in [1.82, 2.24) is 0 Å².